The van der Waals surface area contributed by atoms with Crippen molar-refractivity contribution in [3.05, 3.63) is 96.0 Å². The molecule has 0 amide bonds. The maximum absolute atomic E-state index is 12.5. The van der Waals surface area contributed by atoms with Gasteiger partial charge >= 0.3 is 0 Å². The van der Waals surface area contributed by atoms with Gasteiger partial charge in [0, 0.05) is 34.5 Å². The zero-order valence-corrected chi connectivity index (χ0v) is 14.5. The lowest BCUT2D eigenvalue weighted by Gasteiger charge is -2.09. The molecule has 0 radical (unpaired) electrons. The second kappa shape index (κ2) is 7.66. The highest BCUT2D eigenvalue weighted by atomic mass is 16.5. The van der Waals surface area contributed by atoms with Crippen LogP contribution in [0.15, 0.2) is 79.3 Å². The lowest BCUT2D eigenvalue weighted by atomic mass is 10.1. The summed E-state index contributed by atoms with van der Waals surface area (Å²) in [6, 6.07) is 16.9. The number of benzene rings is 2. The van der Waals surface area contributed by atoms with Crippen LogP contribution in [0.25, 0.3) is 17.0 Å². The summed E-state index contributed by atoms with van der Waals surface area (Å²) in [7, 11) is 0. The number of carbonyl (C=O) groups excluding carboxylic acids is 1. The van der Waals surface area contributed by atoms with Gasteiger partial charge in [-0.1, -0.05) is 24.3 Å². The molecule has 132 valence electrons. The molecule has 0 fully saturated rings. The minimum absolute atomic E-state index is 0.0693. The van der Waals surface area contributed by atoms with Gasteiger partial charge in [-0.05, 0) is 42.5 Å². The second-order valence-electron chi connectivity index (χ2n) is 6.06. The standard InChI is InChI=1S/C22H17N3O2/c26-21(18-7-9-20-19(12-18)14-24-25-20)10-8-17-5-1-2-6-22(17)27-15-16-4-3-11-23-13-16/h1-14H,15H2,(H,24,25)/b10-8+. The van der Waals surface area contributed by atoms with Crippen molar-refractivity contribution < 1.29 is 9.53 Å². The number of nitrogens with one attached hydrogen (secondary N) is 1. The van der Waals surface area contributed by atoms with Gasteiger partial charge in [-0.25, -0.2) is 0 Å². The minimum atomic E-state index is -0.0693. The van der Waals surface area contributed by atoms with Gasteiger partial charge in [0.1, 0.15) is 12.4 Å². The number of hydrogen-bond donors (Lipinski definition) is 1. The Kier molecular flexibility index (Phi) is 4.74. The predicted molar refractivity (Wildman–Crippen MR) is 104 cm³/mol. The van der Waals surface area contributed by atoms with Crippen molar-refractivity contribution >= 4 is 22.8 Å². The highest BCUT2D eigenvalue weighted by molar-refractivity contribution is 6.08. The van der Waals surface area contributed by atoms with Crippen molar-refractivity contribution in [1.29, 1.82) is 0 Å². The van der Waals surface area contributed by atoms with Gasteiger partial charge < -0.3 is 4.74 Å². The fourth-order valence-electron chi connectivity index (χ4n) is 2.75. The molecule has 27 heavy (non-hydrogen) atoms. The number of aromatic amines is 1. The third-order valence-corrected chi connectivity index (χ3v) is 4.18. The third-order valence-electron chi connectivity index (χ3n) is 4.18. The minimum Gasteiger partial charge on any atom is -0.488 e. The largest absolute Gasteiger partial charge is 0.488 e. The SMILES string of the molecule is O=C(/C=C/c1ccccc1OCc1cccnc1)c1ccc2[nH]ncc2c1. The third kappa shape index (κ3) is 3.93. The van der Waals surface area contributed by atoms with Gasteiger partial charge in [0.15, 0.2) is 5.78 Å². The Morgan fingerprint density at radius 1 is 1.07 bits per heavy atom. The van der Waals surface area contributed by atoms with E-state index in [0.717, 1.165) is 27.8 Å². The van der Waals surface area contributed by atoms with E-state index < -0.39 is 0 Å². The molecule has 4 rings (SSSR count). The molecule has 2 heterocycles. The number of H-pyrrole nitrogens is 1. The summed E-state index contributed by atoms with van der Waals surface area (Å²) >= 11 is 0. The topological polar surface area (TPSA) is 67.9 Å². The summed E-state index contributed by atoms with van der Waals surface area (Å²) in [4.78, 5) is 16.6. The summed E-state index contributed by atoms with van der Waals surface area (Å²) < 4.78 is 5.89. The van der Waals surface area contributed by atoms with Gasteiger partial charge in [0.05, 0.1) is 11.7 Å². The summed E-state index contributed by atoms with van der Waals surface area (Å²) in [5.74, 6) is 0.649. The monoisotopic (exact) mass is 355 g/mol. The van der Waals surface area contributed by atoms with Gasteiger partial charge in [-0.3, -0.25) is 14.9 Å². The lowest BCUT2D eigenvalue weighted by molar-refractivity contribution is 0.104. The molecule has 1 N–H and O–H groups in total. The molecule has 0 saturated carbocycles. The zero-order chi connectivity index (χ0) is 18.5. The van der Waals surface area contributed by atoms with E-state index in [1.807, 2.05) is 48.5 Å². The maximum Gasteiger partial charge on any atom is 0.185 e. The van der Waals surface area contributed by atoms with Crippen LogP contribution in [0.4, 0.5) is 0 Å². The van der Waals surface area contributed by atoms with Crippen molar-refractivity contribution in [2.24, 2.45) is 0 Å². The van der Waals surface area contributed by atoms with E-state index in [1.54, 1.807) is 36.8 Å². The van der Waals surface area contributed by atoms with Crippen LogP contribution in [0.2, 0.25) is 0 Å². The van der Waals surface area contributed by atoms with Crippen LogP contribution in [-0.2, 0) is 6.61 Å². The number of para-hydroxylation sites is 1. The van der Waals surface area contributed by atoms with Gasteiger partial charge in [-0.15, -0.1) is 0 Å². The van der Waals surface area contributed by atoms with Crippen LogP contribution >= 0.6 is 0 Å². The molecule has 0 bridgehead atoms. The molecule has 5 nitrogen and oxygen atoms in total. The summed E-state index contributed by atoms with van der Waals surface area (Å²) in [6.07, 6.45) is 8.55. The smallest absolute Gasteiger partial charge is 0.185 e. The summed E-state index contributed by atoms with van der Waals surface area (Å²) in [5, 5.41) is 7.77. The first-order chi connectivity index (χ1) is 13.3. The van der Waals surface area contributed by atoms with E-state index in [-0.39, 0.29) is 5.78 Å². The number of fused-ring (bicyclic) bond motifs is 1. The van der Waals surface area contributed by atoms with Crippen LogP contribution in [-0.4, -0.2) is 21.0 Å². The van der Waals surface area contributed by atoms with E-state index in [2.05, 4.69) is 15.2 Å². The van der Waals surface area contributed by atoms with Crippen molar-refractivity contribution in [1.82, 2.24) is 15.2 Å². The van der Waals surface area contributed by atoms with E-state index in [0.29, 0.717) is 12.2 Å². The fraction of sp³-hybridized carbons (Fsp3) is 0.0455. The van der Waals surface area contributed by atoms with E-state index in [9.17, 15) is 4.79 Å². The second-order valence-corrected chi connectivity index (χ2v) is 6.06. The number of pyridine rings is 1. The Morgan fingerprint density at radius 2 is 2.00 bits per heavy atom. The van der Waals surface area contributed by atoms with Crippen LogP contribution in [0.5, 0.6) is 5.75 Å². The quantitative estimate of drug-likeness (QED) is 0.410. The van der Waals surface area contributed by atoms with Crippen molar-refractivity contribution in [2.75, 3.05) is 0 Å². The fourth-order valence-corrected chi connectivity index (χ4v) is 2.75. The Labute approximate surface area is 156 Å². The molecule has 0 aliphatic carbocycles. The molecular weight excluding hydrogens is 338 g/mol. The van der Waals surface area contributed by atoms with Crippen LogP contribution in [0, 0.1) is 0 Å². The molecule has 0 atom stereocenters. The molecule has 0 spiro atoms. The first kappa shape index (κ1) is 16.7. The maximum atomic E-state index is 12.5. The average Bonchev–Trinajstić information content (AvgIpc) is 3.19. The zero-order valence-electron chi connectivity index (χ0n) is 14.5. The van der Waals surface area contributed by atoms with Gasteiger partial charge in [0.2, 0.25) is 0 Å². The molecule has 2 aromatic carbocycles. The first-order valence-electron chi connectivity index (χ1n) is 8.56. The number of allylic oxidation sites excluding steroid dienone is 1. The number of nitrogens with zero attached hydrogens (tertiary/aromatic N) is 2. The molecule has 0 saturated heterocycles. The normalized spacial score (nSPS) is 11.1. The van der Waals surface area contributed by atoms with Crippen molar-refractivity contribution in [3.8, 4) is 5.75 Å². The molecule has 2 aromatic heterocycles. The average molecular weight is 355 g/mol. The molecule has 5 heteroatoms. The Bertz CT molecular complexity index is 1100. The lowest BCUT2D eigenvalue weighted by Crippen LogP contribution is -1.98. The number of ether oxygens (including phenoxy) is 1. The predicted octanol–water partition coefficient (Wildman–Crippen LogP) is 4.43. The van der Waals surface area contributed by atoms with E-state index in [1.165, 1.54) is 0 Å². The highest BCUT2D eigenvalue weighted by Gasteiger charge is 2.06. The highest BCUT2D eigenvalue weighted by Crippen LogP contribution is 2.21. The number of carbonyl (C=O) groups is 1. The van der Waals surface area contributed by atoms with Crippen molar-refractivity contribution in [3.63, 3.8) is 0 Å². The number of rotatable bonds is 6. The summed E-state index contributed by atoms with van der Waals surface area (Å²) in [6.45, 7) is 0.420. The Morgan fingerprint density at radius 3 is 2.89 bits per heavy atom. The van der Waals surface area contributed by atoms with Crippen molar-refractivity contribution in [2.45, 2.75) is 6.61 Å². The van der Waals surface area contributed by atoms with Gasteiger partial charge in [0.25, 0.3) is 0 Å². The van der Waals surface area contributed by atoms with Gasteiger partial charge in [-0.2, -0.15) is 5.10 Å². The molecule has 4 aromatic rings. The first-order valence-corrected chi connectivity index (χ1v) is 8.56. The molecule has 0 aliphatic heterocycles. The molecule has 0 aliphatic rings. The number of ketones is 1. The van der Waals surface area contributed by atoms with E-state index >= 15 is 0 Å². The Balaban J connectivity index is 1.50. The molecule has 0 unspecified atom stereocenters. The summed E-state index contributed by atoms with van der Waals surface area (Å²) in [5.41, 5.74) is 3.36. The number of aromatic nitrogens is 3. The number of hydrogen-bond acceptors (Lipinski definition) is 4. The van der Waals surface area contributed by atoms with E-state index in [4.69, 9.17) is 4.74 Å². The Hall–Kier alpha value is -3.73. The van der Waals surface area contributed by atoms with Crippen LogP contribution in [0.3, 0.4) is 0 Å². The van der Waals surface area contributed by atoms with Crippen LogP contribution in [0.1, 0.15) is 21.5 Å². The van der Waals surface area contributed by atoms with Crippen LogP contribution < -0.4 is 4.74 Å². The molecular formula is C22H17N3O2.